The number of hydrogen-bond donors (Lipinski definition) is 1. The Hall–Kier alpha value is -3.13. The highest BCUT2D eigenvalue weighted by Gasteiger charge is 2.30. The summed E-state index contributed by atoms with van der Waals surface area (Å²) in [5, 5.41) is 4.62. The summed E-state index contributed by atoms with van der Waals surface area (Å²) in [7, 11) is 0. The van der Waals surface area contributed by atoms with Crippen molar-refractivity contribution in [3.05, 3.63) is 77.4 Å². The monoisotopic (exact) mass is 387 g/mol. The molecule has 0 spiro atoms. The van der Waals surface area contributed by atoms with E-state index < -0.39 is 17.6 Å². The summed E-state index contributed by atoms with van der Waals surface area (Å²) < 4.78 is 39.7. The number of amides is 1. The lowest BCUT2D eigenvalue weighted by Gasteiger charge is -2.08. The van der Waals surface area contributed by atoms with E-state index in [4.69, 9.17) is 0 Å². The van der Waals surface area contributed by atoms with Gasteiger partial charge in [-0.25, -0.2) is 4.98 Å². The lowest BCUT2D eigenvalue weighted by Crippen LogP contribution is -2.12. The maximum atomic E-state index is 12.6. The number of carbonyl (C=O) groups excluding carboxylic acids is 1. The summed E-state index contributed by atoms with van der Waals surface area (Å²) >= 11 is 1.54. The number of nitrogens with one attached hydrogen (secondary N) is 1. The molecule has 0 saturated carbocycles. The van der Waals surface area contributed by atoms with Gasteiger partial charge in [0.25, 0.3) is 5.91 Å². The Morgan fingerprint density at radius 3 is 2.37 bits per heavy atom. The van der Waals surface area contributed by atoms with Crippen LogP contribution >= 0.6 is 11.3 Å². The van der Waals surface area contributed by atoms with E-state index in [1.807, 2.05) is 34.3 Å². The number of hydrogen-bond acceptors (Lipinski definition) is 3. The number of imidazole rings is 1. The molecule has 2 heterocycles. The molecule has 27 heavy (non-hydrogen) atoms. The van der Waals surface area contributed by atoms with Gasteiger partial charge < -0.3 is 5.32 Å². The van der Waals surface area contributed by atoms with Gasteiger partial charge in [-0.2, -0.15) is 13.2 Å². The number of carbonyl (C=O) groups is 1. The SMILES string of the molecule is O=C(Nc1ccc(-c2cn3ccsc3n2)cc1)c1ccc(C(F)(F)F)cc1. The predicted octanol–water partition coefficient (Wildman–Crippen LogP) is 5.33. The third kappa shape index (κ3) is 3.56. The van der Waals surface area contributed by atoms with E-state index in [1.54, 1.807) is 12.1 Å². The van der Waals surface area contributed by atoms with Crippen LogP contribution in [0.25, 0.3) is 16.2 Å². The van der Waals surface area contributed by atoms with Crippen LogP contribution in [-0.4, -0.2) is 15.3 Å². The Kier molecular flexibility index (Phi) is 4.19. The summed E-state index contributed by atoms with van der Waals surface area (Å²) in [4.78, 5) is 17.6. The molecule has 0 aliphatic carbocycles. The van der Waals surface area contributed by atoms with Crippen LogP contribution in [-0.2, 0) is 6.18 Å². The zero-order valence-corrected chi connectivity index (χ0v) is 14.5. The van der Waals surface area contributed by atoms with Crippen molar-refractivity contribution >= 4 is 27.9 Å². The van der Waals surface area contributed by atoms with E-state index in [-0.39, 0.29) is 5.56 Å². The second-order valence-electron chi connectivity index (χ2n) is 5.83. The topological polar surface area (TPSA) is 46.4 Å². The molecule has 0 saturated heterocycles. The molecule has 8 heteroatoms. The number of fused-ring (bicyclic) bond motifs is 1. The van der Waals surface area contributed by atoms with Gasteiger partial charge in [-0.05, 0) is 36.4 Å². The van der Waals surface area contributed by atoms with Gasteiger partial charge in [0.2, 0.25) is 0 Å². The summed E-state index contributed by atoms with van der Waals surface area (Å²) in [6, 6.07) is 11.2. The fourth-order valence-electron chi connectivity index (χ4n) is 2.60. The molecular formula is C19H12F3N3OS. The standard InChI is InChI=1S/C19H12F3N3OS/c20-19(21,22)14-5-1-13(2-6-14)17(26)23-15-7-3-12(4-8-15)16-11-25-9-10-27-18(25)24-16/h1-11H,(H,23,26). The molecule has 0 bridgehead atoms. The van der Waals surface area contributed by atoms with Crippen LogP contribution in [0.15, 0.2) is 66.3 Å². The summed E-state index contributed by atoms with van der Waals surface area (Å²) in [5.74, 6) is -0.473. The number of benzene rings is 2. The molecule has 0 aliphatic rings. The first-order chi connectivity index (χ1) is 12.9. The minimum Gasteiger partial charge on any atom is -0.322 e. The summed E-state index contributed by atoms with van der Waals surface area (Å²) in [6.45, 7) is 0. The Balaban J connectivity index is 1.47. The van der Waals surface area contributed by atoms with E-state index in [1.165, 1.54) is 11.3 Å². The van der Waals surface area contributed by atoms with E-state index in [0.29, 0.717) is 5.69 Å². The summed E-state index contributed by atoms with van der Waals surface area (Å²) in [5.41, 5.74) is 1.63. The van der Waals surface area contributed by atoms with Gasteiger partial charge in [-0.3, -0.25) is 9.20 Å². The number of halogens is 3. The number of nitrogens with zero attached hydrogens (tertiary/aromatic N) is 2. The van der Waals surface area contributed by atoms with Crippen molar-refractivity contribution in [1.82, 2.24) is 9.38 Å². The number of anilines is 1. The van der Waals surface area contributed by atoms with Crippen molar-refractivity contribution in [1.29, 1.82) is 0 Å². The van der Waals surface area contributed by atoms with Crippen LogP contribution in [0.2, 0.25) is 0 Å². The molecule has 1 amide bonds. The number of thiazole rings is 1. The lowest BCUT2D eigenvalue weighted by molar-refractivity contribution is -0.137. The van der Waals surface area contributed by atoms with E-state index >= 15 is 0 Å². The van der Waals surface area contributed by atoms with Gasteiger partial charge in [0, 0.05) is 34.6 Å². The first-order valence-corrected chi connectivity index (χ1v) is 8.79. The fourth-order valence-corrected chi connectivity index (χ4v) is 3.30. The normalized spacial score (nSPS) is 11.7. The zero-order valence-electron chi connectivity index (χ0n) is 13.7. The Morgan fingerprint density at radius 2 is 1.74 bits per heavy atom. The largest absolute Gasteiger partial charge is 0.416 e. The fraction of sp³-hybridized carbons (Fsp3) is 0.0526. The van der Waals surface area contributed by atoms with Gasteiger partial charge in [-0.1, -0.05) is 12.1 Å². The molecule has 2 aromatic heterocycles. The molecule has 0 atom stereocenters. The van der Waals surface area contributed by atoms with Crippen molar-refractivity contribution < 1.29 is 18.0 Å². The van der Waals surface area contributed by atoms with Crippen LogP contribution in [0, 0.1) is 0 Å². The van der Waals surface area contributed by atoms with Crippen LogP contribution in [0.4, 0.5) is 18.9 Å². The lowest BCUT2D eigenvalue weighted by atomic mass is 10.1. The average molecular weight is 387 g/mol. The molecule has 2 aromatic carbocycles. The highest BCUT2D eigenvalue weighted by molar-refractivity contribution is 7.15. The number of aromatic nitrogens is 2. The second kappa shape index (κ2) is 6.55. The van der Waals surface area contributed by atoms with Gasteiger partial charge in [-0.15, -0.1) is 11.3 Å². The van der Waals surface area contributed by atoms with Crippen LogP contribution in [0.1, 0.15) is 15.9 Å². The van der Waals surface area contributed by atoms with Crippen LogP contribution in [0.3, 0.4) is 0 Å². The molecule has 1 N–H and O–H groups in total. The minimum absolute atomic E-state index is 0.154. The smallest absolute Gasteiger partial charge is 0.322 e. The Labute approximate surface area is 155 Å². The second-order valence-corrected chi connectivity index (χ2v) is 6.70. The molecular weight excluding hydrogens is 375 g/mol. The molecule has 4 nitrogen and oxygen atoms in total. The summed E-state index contributed by atoms with van der Waals surface area (Å²) in [6.07, 6.45) is -0.580. The van der Waals surface area contributed by atoms with Crippen LogP contribution < -0.4 is 5.32 Å². The maximum Gasteiger partial charge on any atom is 0.416 e. The molecule has 4 aromatic rings. The third-order valence-corrected chi connectivity index (χ3v) is 4.78. The first kappa shape index (κ1) is 17.3. The molecule has 0 unspecified atom stereocenters. The zero-order chi connectivity index (χ0) is 19.0. The number of alkyl halides is 3. The van der Waals surface area contributed by atoms with Crippen molar-refractivity contribution in [3.63, 3.8) is 0 Å². The quantitative estimate of drug-likeness (QED) is 0.516. The highest BCUT2D eigenvalue weighted by atomic mass is 32.1. The van der Waals surface area contributed by atoms with Crippen LogP contribution in [0.5, 0.6) is 0 Å². The first-order valence-electron chi connectivity index (χ1n) is 7.91. The molecule has 0 radical (unpaired) electrons. The molecule has 0 fully saturated rings. The highest BCUT2D eigenvalue weighted by Crippen LogP contribution is 2.29. The van der Waals surface area contributed by atoms with Crippen molar-refractivity contribution in [2.24, 2.45) is 0 Å². The van der Waals surface area contributed by atoms with Gasteiger partial charge in [0.1, 0.15) is 0 Å². The average Bonchev–Trinajstić information content (AvgIpc) is 3.24. The molecule has 136 valence electrons. The van der Waals surface area contributed by atoms with Crippen molar-refractivity contribution in [3.8, 4) is 11.3 Å². The van der Waals surface area contributed by atoms with Crippen molar-refractivity contribution in [2.75, 3.05) is 5.32 Å². The maximum absolute atomic E-state index is 12.6. The third-order valence-electron chi connectivity index (χ3n) is 4.01. The molecule has 4 rings (SSSR count). The molecule has 0 aliphatic heterocycles. The number of rotatable bonds is 3. The minimum atomic E-state index is -4.42. The van der Waals surface area contributed by atoms with E-state index in [0.717, 1.165) is 40.5 Å². The van der Waals surface area contributed by atoms with Crippen molar-refractivity contribution in [2.45, 2.75) is 6.18 Å². The van der Waals surface area contributed by atoms with E-state index in [9.17, 15) is 18.0 Å². The predicted molar refractivity (Wildman–Crippen MR) is 97.9 cm³/mol. The van der Waals surface area contributed by atoms with Gasteiger partial charge in [0.05, 0.1) is 11.3 Å². The van der Waals surface area contributed by atoms with E-state index in [2.05, 4.69) is 10.3 Å². The van der Waals surface area contributed by atoms with Gasteiger partial charge in [0.15, 0.2) is 4.96 Å². The van der Waals surface area contributed by atoms with Gasteiger partial charge >= 0.3 is 6.18 Å². The Bertz CT molecular complexity index is 1070. The Morgan fingerprint density at radius 1 is 1.04 bits per heavy atom.